The maximum absolute atomic E-state index is 13.2. The third-order valence-electron chi connectivity index (χ3n) is 4.61. The van der Waals surface area contributed by atoms with Crippen molar-refractivity contribution in [3.8, 4) is 5.75 Å². The minimum atomic E-state index is -0.0918. The lowest BCUT2D eigenvalue weighted by molar-refractivity contribution is 0.0620. The number of nitrogens with one attached hydrogen (secondary N) is 1. The van der Waals surface area contributed by atoms with E-state index in [0.29, 0.717) is 31.0 Å². The van der Waals surface area contributed by atoms with E-state index < -0.39 is 0 Å². The Morgan fingerprint density at radius 1 is 1.34 bits per heavy atom. The first-order chi connectivity index (χ1) is 13.2. The molecule has 156 valence electrons. The summed E-state index contributed by atoms with van der Waals surface area (Å²) in [7, 11) is 1.95. The molecule has 1 aliphatic heterocycles. The van der Waals surface area contributed by atoms with Gasteiger partial charge in [0, 0.05) is 50.0 Å². The van der Waals surface area contributed by atoms with Gasteiger partial charge < -0.3 is 19.5 Å². The lowest BCUT2D eigenvalue weighted by Crippen LogP contribution is -2.49. The van der Waals surface area contributed by atoms with Crippen LogP contribution in [0.15, 0.2) is 47.5 Å². The van der Waals surface area contributed by atoms with Crippen molar-refractivity contribution in [1.82, 2.24) is 24.8 Å². The number of aromatic nitrogens is 3. The fraction of sp³-hybridized carbons (Fsp3) is 0.316. The normalized spacial score (nSPS) is 15.9. The molecule has 0 aliphatic carbocycles. The van der Waals surface area contributed by atoms with E-state index in [1.807, 2.05) is 46.3 Å². The average Bonchev–Trinajstić information content (AvgIpc) is 3.37. The van der Waals surface area contributed by atoms with Crippen molar-refractivity contribution in [3.05, 3.63) is 64.6 Å². The van der Waals surface area contributed by atoms with Crippen molar-refractivity contribution in [3.63, 3.8) is 0 Å². The Morgan fingerprint density at radius 2 is 2.21 bits per heavy atom. The van der Waals surface area contributed by atoms with E-state index in [4.69, 9.17) is 4.74 Å². The molecule has 4 rings (SSSR count). The molecule has 29 heavy (non-hydrogen) atoms. The first-order valence-electron chi connectivity index (χ1n) is 8.81. The summed E-state index contributed by atoms with van der Waals surface area (Å²) >= 11 is 1.54. The molecule has 3 heterocycles. The van der Waals surface area contributed by atoms with Crippen LogP contribution in [0.1, 0.15) is 27.9 Å². The van der Waals surface area contributed by atoms with Crippen molar-refractivity contribution >= 4 is 42.1 Å². The number of aryl methyl sites for hydroxylation is 1. The molecule has 1 amide bonds. The summed E-state index contributed by atoms with van der Waals surface area (Å²) in [6.45, 7) is 2.49. The number of thiazole rings is 1. The van der Waals surface area contributed by atoms with Crippen molar-refractivity contribution in [2.45, 2.75) is 12.6 Å². The lowest BCUT2D eigenvalue weighted by Gasteiger charge is -2.35. The number of amides is 1. The van der Waals surface area contributed by atoms with Gasteiger partial charge in [-0.1, -0.05) is 6.07 Å². The zero-order valence-electron chi connectivity index (χ0n) is 15.9. The molecule has 1 aromatic carbocycles. The predicted octanol–water partition coefficient (Wildman–Crippen LogP) is 3.09. The molecular weight excluding hydrogens is 433 g/mol. The van der Waals surface area contributed by atoms with Crippen LogP contribution in [0.5, 0.6) is 5.75 Å². The molecule has 0 spiro atoms. The van der Waals surface area contributed by atoms with Gasteiger partial charge in [0.2, 0.25) is 0 Å². The predicted molar refractivity (Wildman–Crippen MR) is 117 cm³/mol. The van der Waals surface area contributed by atoms with Gasteiger partial charge in [-0.15, -0.1) is 36.2 Å². The molecule has 7 nitrogen and oxygen atoms in total. The summed E-state index contributed by atoms with van der Waals surface area (Å²) in [5, 5.41) is 5.31. The number of hydrogen-bond donors (Lipinski definition) is 1. The first-order valence-corrected chi connectivity index (χ1v) is 9.75. The Kier molecular flexibility index (Phi) is 8.45. The topological polar surface area (TPSA) is 72.3 Å². The monoisotopic (exact) mass is 455 g/mol. The zero-order valence-corrected chi connectivity index (χ0v) is 18.3. The summed E-state index contributed by atoms with van der Waals surface area (Å²) in [4.78, 5) is 23.7. The van der Waals surface area contributed by atoms with Gasteiger partial charge in [-0.25, -0.2) is 9.97 Å². The zero-order chi connectivity index (χ0) is 18.6. The molecule has 2 aromatic heterocycles. The number of nitrogens with zero attached hydrogens (tertiary/aromatic N) is 4. The third kappa shape index (κ3) is 5.27. The average molecular weight is 456 g/mol. The molecule has 0 saturated carbocycles. The smallest absolute Gasteiger partial charge is 0.254 e. The number of benzene rings is 1. The van der Waals surface area contributed by atoms with E-state index in [9.17, 15) is 4.79 Å². The van der Waals surface area contributed by atoms with Crippen LogP contribution in [0.2, 0.25) is 0 Å². The fourth-order valence-electron chi connectivity index (χ4n) is 3.23. The standard InChI is InChI=1S/C19H21N5O2S.2ClH/c1-23-7-6-21-18(23)17-10-20-5-8-24(17)19(25)14-3-2-4-16(9-14)26-11-15-12-27-13-22-15;;/h2-4,6-7,9,12-13,17,20H,5,8,10-11H2,1H3;2*1H. The van der Waals surface area contributed by atoms with Gasteiger partial charge in [-0.05, 0) is 18.2 Å². The quantitative estimate of drug-likeness (QED) is 0.639. The molecule has 1 fully saturated rings. The van der Waals surface area contributed by atoms with E-state index >= 15 is 0 Å². The fourth-order valence-corrected chi connectivity index (χ4v) is 3.77. The number of imidazole rings is 1. The molecule has 1 N–H and O–H groups in total. The molecule has 10 heteroatoms. The summed E-state index contributed by atoms with van der Waals surface area (Å²) in [6.07, 6.45) is 3.67. The maximum atomic E-state index is 13.2. The van der Waals surface area contributed by atoms with E-state index in [0.717, 1.165) is 18.1 Å². The van der Waals surface area contributed by atoms with Gasteiger partial charge in [0.1, 0.15) is 24.2 Å². The Bertz CT molecular complexity index is 919. The molecule has 1 unspecified atom stereocenters. The Morgan fingerprint density at radius 3 is 2.93 bits per heavy atom. The second-order valence-electron chi connectivity index (χ2n) is 6.41. The van der Waals surface area contributed by atoms with Gasteiger partial charge >= 0.3 is 0 Å². The van der Waals surface area contributed by atoms with Crippen LogP contribution in [-0.4, -0.2) is 45.0 Å². The second kappa shape index (κ2) is 10.6. The van der Waals surface area contributed by atoms with Crippen molar-refractivity contribution in [2.24, 2.45) is 7.05 Å². The number of piperazine rings is 1. The summed E-state index contributed by atoms with van der Waals surface area (Å²) in [5.41, 5.74) is 3.28. The summed E-state index contributed by atoms with van der Waals surface area (Å²) in [6, 6.07) is 7.24. The highest BCUT2D eigenvalue weighted by Crippen LogP contribution is 2.24. The summed E-state index contributed by atoms with van der Waals surface area (Å²) in [5.74, 6) is 1.53. The number of carbonyl (C=O) groups is 1. The number of rotatable bonds is 5. The number of hydrogen-bond acceptors (Lipinski definition) is 6. The van der Waals surface area contributed by atoms with Crippen LogP contribution >= 0.6 is 36.2 Å². The maximum Gasteiger partial charge on any atom is 0.254 e. The van der Waals surface area contributed by atoms with E-state index in [1.165, 1.54) is 11.3 Å². The highest BCUT2D eigenvalue weighted by atomic mass is 35.5. The minimum Gasteiger partial charge on any atom is -0.487 e. The molecule has 1 aliphatic rings. The highest BCUT2D eigenvalue weighted by Gasteiger charge is 2.31. The highest BCUT2D eigenvalue weighted by molar-refractivity contribution is 7.07. The lowest BCUT2D eigenvalue weighted by atomic mass is 10.1. The van der Waals surface area contributed by atoms with Crippen LogP contribution in [0, 0.1) is 0 Å². The minimum absolute atomic E-state index is 0. The Balaban J connectivity index is 0.00000150. The van der Waals surface area contributed by atoms with Gasteiger partial charge in [0.15, 0.2) is 0 Å². The van der Waals surface area contributed by atoms with E-state index in [2.05, 4.69) is 15.3 Å². The molecule has 1 saturated heterocycles. The van der Waals surface area contributed by atoms with Crippen LogP contribution in [-0.2, 0) is 13.7 Å². The van der Waals surface area contributed by atoms with Crippen LogP contribution in [0.4, 0.5) is 0 Å². The van der Waals surface area contributed by atoms with Gasteiger partial charge in [0.05, 0.1) is 11.2 Å². The molecule has 0 bridgehead atoms. The summed E-state index contributed by atoms with van der Waals surface area (Å²) < 4.78 is 7.75. The van der Waals surface area contributed by atoms with E-state index in [-0.39, 0.29) is 36.8 Å². The van der Waals surface area contributed by atoms with Crippen LogP contribution in [0.25, 0.3) is 0 Å². The number of ether oxygens (including phenoxy) is 1. The van der Waals surface area contributed by atoms with Crippen molar-refractivity contribution < 1.29 is 9.53 Å². The first kappa shape index (κ1) is 23.2. The number of halogens is 2. The largest absolute Gasteiger partial charge is 0.487 e. The van der Waals surface area contributed by atoms with Gasteiger partial charge in [0.25, 0.3) is 5.91 Å². The Labute approximate surface area is 185 Å². The van der Waals surface area contributed by atoms with Crippen molar-refractivity contribution in [1.29, 1.82) is 0 Å². The molecule has 3 aromatic rings. The number of carbonyl (C=O) groups excluding carboxylic acids is 1. The molecule has 1 atom stereocenters. The molecule has 0 radical (unpaired) electrons. The van der Waals surface area contributed by atoms with Gasteiger partial charge in [-0.3, -0.25) is 4.79 Å². The third-order valence-corrected chi connectivity index (χ3v) is 5.25. The van der Waals surface area contributed by atoms with E-state index in [1.54, 1.807) is 17.8 Å². The van der Waals surface area contributed by atoms with Crippen molar-refractivity contribution in [2.75, 3.05) is 19.6 Å². The van der Waals surface area contributed by atoms with Crippen LogP contribution < -0.4 is 10.1 Å². The molecular formula is C19H23Cl2N5O2S. The van der Waals surface area contributed by atoms with Gasteiger partial charge in [-0.2, -0.15) is 0 Å². The Hall–Kier alpha value is -2.13. The SMILES string of the molecule is Cl.Cl.Cn1ccnc1C1CNCCN1C(=O)c1cccc(OCc2cscn2)c1. The second-order valence-corrected chi connectivity index (χ2v) is 7.13. The van der Waals surface area contributed by atoms with Crippen LogP contribution in [0.3, 0.4) is 0 Å².